The minimum absolute atomic E-state index is 0.225. The van der Waals surface area contributed by atoms with E-state index < -0.39 is 7.25 Å². The van der Waals surface area contributed by atoms with Crippen molar-refractivity contribution < 1.29 is 26.6 Å². The molecule has 0 N–H and O–H groups in total. The highest BCUT2D eigenvalue weighted by Gasteiger charge is 2.43. The minimum atomic E-state index is -6.00. The van der Waals surface area contributed by atoms with Gasteiger partial charge in [0.05, 0.1) is 0 Å². The lowest BCUT2D eigenvalue weighted by Gasteiger charge is -2.23. The second kappa shape index (κ2) is 6.81. The molecule has 0 unspecified atom stereocenters. The van der Waals surface area contributed by atoms with Crippen LogP contribution in [0.5, 0.6) is 0 Å². The van der Waals surface area contributed by atoms with E-state index in [2.05, 4.69) is 47.3 Å². The van der Waals surface area contributed by atoms with Gasteiger partial charge in [0.25, 0.3) is 0 Å². The SMILES string of the molecule is F[B-](F)(F)F.c1ccc(-n2c[n+]3c(n2)CO[C@@H]2Cc4ccccc4[C@@H]23)cc1. The van der Waals surface area contributed by atoms with Gasteiger partial charge in [0.2, 0.25) is 6.33 Å². The molecule has 5 rings (SSSR count). The first kappa shape index (κ1) is 17.7. The van der Waals surface area contributed by atoms with Crippen LogP contribution in [-0.2, 0) is 17.8 Å². The van der Waals surface area contributed by atoms with Gasteiger partial charge in [-0.05, 0) is 23.3 Å². The number of para-hydroxylation sites is 1. The summed E-state index contributed by atoms with van der Waals surface area (Å²) in [5.74, 6) is 0.988. The van der Waals surface area contributed by atoms with Crippen molar-refractivity contribution in [3.05, 3.63) is 77.9 Å². The van der Waals surface area contributed by atoms with Crippen LogP contribution in [0.3, 0.4) is 0 Å². The molecule has 140 valence electrons. The van der Waals surface area contributed by atoms with Gasteiger partial charge >= 0.3 is 13.1 Å². The quantitative estimate of drug-likeness (QED) is 0.369. The fourth-order valence-electron chi connectivity index (χ4n) is 3.63. The lowest BCUT2D eigenvalue weighted by atomic mass is 10.1. The lowest BCUT2D eigenvalue weighted by molar-refractivity contribution is -0.739. The second-order valence-corrected chi connectivity index (χ2v) is 6.41. The van der Waals surface area contributed by atoms with Crippen LogP contribution in [0.25, 0.3) is 5.69 Å². The second-order valence-electron chi connectivity index (χ2n) is 6.41. The Balaban J connectivity index is 0.000000323. The molecular weight excluding hydrogens is 361 g/mol. The molecule has 1 aromatic heterocycles. The third kappa shape index (κ3) is 3.73. The van der Waals surface area contributed by atoms with Crippen molar-refractivity contribution in [2.45, 2.75) is 25.2 Å². The first-order valence-electron chi connectivity index (χ1n) is 8.52. The monoisotopic (exact) mass is 377 g/mol. The summed E-state index contributed by atoms with van der Waals surface area (Å²) >= 11 is 0. The van der Waals surface area contributed by atoms with Gasteiger partial charge < -0.3 is 22.0 Å². The number of fused-ring (bicyclic) bond motifs is 5. The molecule has 4 nitrogen and oxygen atoms in total. The van der Waals surface area contributed by atoms with E-state index in [9.17, 15) is 17.3 Å². The van der Waals surface area contributed by atoms with E-state index in [4.69, 9.17) is 9.84 Å². The number of hydrogen-bond acceptors (Lipinski definition) is 2. The van der Waals surface area contributed by atoms with Gasteiger partial charge in [-0.15, -0.1) is 0 Å². The number of ether oxygens (including phenoxy) is 1. The molecule has 0 bridgehead atoms. The number of halogens is 4. The summed E-state index contributed by atoms with van der Waals surface area (Å²) < 4.78 is 49.3. The zero-order valence-corrected chi connectivity index (χ0v) is 14.2. The molecule has 9 heteroatoms. The minimum Gasteiger partial charge on any atom is -0.418 e. The summed E-state index contributed by atoms with van der Waals surface area (Å²) in [6, 6.07) is 19.1. The third-order valence-electron chi connectivity index (χ3n) is 4.65. The van der Waals surface area contributed by atoms with E-state index in [-0.39, 0.29) is 12.1 Å². The van der Waals surface area contributed by atoms with Crippen LogP contribution < -0.4 is 4.57 Å². The van der Waals surface area contributed by atoms with Gasteiger partial charge in [-0.1, -0.05) is 47.1 Å². The van der Waals surface area contributed by atoms with Crippen molar-refractivity contribution in [2.75, 3.05) is 0 Å². The third-order valence-corrected chi connectivity index (χ3v) is 4.65. The number of hydrogen-bond donors (Lipinski definition) is 0. The van der Waals surface area contributed by atoms with Gasteiger partial charge in [-0.25, -0.2) is 4.57 Å². The van der Waals surface area contributed by atoms with Crippen LogP contribution in [0.2, 0.25) is 0 Å². The average molecular weight is 377 g/mol. The maximum absolute atomic E-state index is 9.75. The van der Waals surface area contributed by atoms with Crippen LogP contribution in [0.4, 0.5) is 17.3 Å². The Labute approximate surface area is 153 Å². The number of rotatable bonds is 1. The highest BCUT2D eigenvalue weighted by molar-refractivity contribution is 6.50. The molecule has 2 atom stereocenters. The molecule has 1 aliphatic heterocycles. The Morgan fingerprint density at radius 2 is 1.67 bits per heavy atom. The summed E-state index contributed by atoms with van der Waals surface area (Å²) in [7, 11) is -6.00. The topological polar surface area (TPSA) is 30.9 Å². The molecule has 0 amide bonds. The summed E-state index contributed by atoms with van der Waals surface area (Å²) in [5.41, 5.74) is 3.84. The van der Waals surface area contributed by atoms with Gasteiger partial charge in [0.1, 0.15) is 24.4 Å². The standard InChI is InChI=1S/C18H16N3O.BF4/c1-2-7-14(8-3-1)21-12-20-17(19-21)11-22-16-10-13-6-4-5-9-15(13)18(16)20;2-1(3,4)5/h1-9,12,16,18H,10-11H2;/q+1;-1/t16-,18+;/m1./s1. The molecule has 0 spiro atoms. The van der Waals surface area contributed by atoms with Gasteiger partial charge in [0.15, 0.2) is 0 Å². The van der Waals surface area contributed by atoms with E-state index in [1.54, 1.807) is 0 Å². The maximum atomic E-state index is 9.75. The molecule has 0 radical (unpaired) electrons. The van der Waals surface area contributed by atoms with Crippen molar-refractivity contribution in [2.24, 2.45) is 0 Å². The molecule has 0 fully saturated rings. The molecule has 0 saturated carbocycles. The summed E-state index contributed by atoms with van der Waals surface area (Å²) in [5, 5.41) is 4.71. The van der Waals surface area contributed by atoms with Crippen molar-refractivity contribution in [1.29, 1.82) is 0 Å². The number of nitrogens with zero attached hydrogens (tertiary/aromatic N) is 3. The molecule has 0 saturated heterocycles. The Kier molecular flexibility index (Phi) is 4.47. The molecular formula is C18H16BF4N3O. The van der Waals surface area contributed by atoms with Gasteiger partial charge in [-0.3, -0.25) is 0 Å². The zero-order valence-electron chi connectivity index (χ0n) is 14.2. The van der Waals surface area contributed by atoms with Crippen molar-refractivity contribution >= 4 is 7.25 Å². The summed E-state index contributed by atoms with van der Waals surface area (Å²) in [6.07, 6.45) is 3.32. The summed E-state index contributed by atoms with van der Waals surface area (Å²) in [6.45, 7) is 0.578. The molecule has 2 aromatic carbocycles. The fraction of sp³-hybridized carbons (Fsp3) is 0.222. The molecule has 1 aliphatic carbocycles. The van der Waals surface area contributed by atoms with E-state index in [1.807, 2.05) is 22.9 Å². The fourth-order valence-corrected chi connectivity index (χ4v) is 3.63. The van der Waals surface area contributed by atoms with Crippen molar-refractivity contribution in [3.8, 4) is 5.69 Å². The first-order valence-corrected chi connectivity index (χ1v) is 8.52. The highest BCUT2D eigenvalue weighted by atomic mass is 19.5. The van der Waals surface area contributed by atoms with E-state index in [0.717, 1.165) is 17.9 Å². The maximum Gasteiger partial charge on any atom is 0.673 e. The Bertz CT molecular complexity index is 939. The predicted molar refractivity (Wildman–Crippen MR) is 90.8 cm³/mol. The average Bonchev–Trinajstić information content (AvgIpc) is 3.21. The molecule has 2 heterocycles. The van der Waals surface area contributed by atoms with Crippen LogP contribution >= 0.6 is 0 Å². The normalized spacial score (nSPS) is 20.1. The number of aromatic nitrogens is 3. The Morgan fingerprint density at radius 3 is 2.41 bits per heavy atom. The highest BCUT2D eigenvalue weighted by Crippen LogP contribution is 2.35. The van der Waals surface area contributed by atoms with Crippen molar-refractivity contribution in [3.63, 3.8) is 0 Å². The molecule has 2 aliphatic rings. The van der Waals surface area contributed by atoms with Crippen LogP contribution in [0.15, 0.2) is 60.9 Å². The molecule has 3 aromatic rings. The van der Waals surface area contributed by atoms with Gasteiger partial charge in [0, 0.05) is 11.5 Å². The van der Waals surface area contributed by atoms with Crippen molar-refractivity contribution in [1.82, 2.24) is 9.78 Å². The zero-order chi connectivity index (χ0) is 19.0. The summed E-state index contributed by atoms with van der Waals surface area (Å²) in [4.78, 5) is 0. The van der Waals surface area contributed by atoms with E-state index >= 15 is 0 Å². The molecule has 27 heavy (non-hydrogen) atoms. The Hall–Kier alpha value is -2.68. The van der Waals surface area contributed by atoms with Crippen LogP contribution in [0.1, 0.15) is 23.0 Å². The largest absolute Gasteiger partial charge is 0.673 e. The van der Waals surface area contributed by atoms with E-state index in [0.29, 0.717) is 6.61 Å². The van der Waals surface area contributed by atoms with Crippen LogP contribution in [-0.4, -0.2) is 23.1 Å². The Morgan fingerprint density at radius 1 is 1.00 bits per heavy atom. The van der Waals surface area contributed by atoms with E-state index in [1.165, 1.54) is 11.1 Å². The van der Waals surface area contributed by atoms with Gasteiger partial charge in [-0.2, -0.15) is 0 Å². The number of benzene rings is 2. The smallest absolute Gasteiger partial charge is 0.418 e. The predicted octanol–water partition coefficient (Wildman–Crippen LogP) is 3.50. The first-order chi connectivity index (χ1) is 12.9. The van der Waals surface area contributed by atoms with Crippen LogP contribution in [0, 0.1) is 0 Å². The lowest BCUT2D eigenvalue weighted by Crippen LogP contribution is -2.51.